The van der Waals surface area contributed by atoms with Crippen LogP contribution < -0.4 is 0 Å². The number of thiazole rings is 1. The first kappa shape index (κ1) is 15.2. The van der Waals surface area contributed by atoms with Crippen molar-refractivity contribution in [2.24, 2.45) is 13.0 Å². The zero-order chi connectivity index (χ0) is 15.8. The summed E-state index contributed by atoms with van der Waals surface area (Å²) < 4.78 is 7.89. The first-order valence-electron chi connectivity index (χ1n) is 8.28. The van der Waals surface area contributed by atoms with Crippen molar-refractivity contribution in [1.82, 2.24) is 24.9 Å². The molecule has 2 aromatic rings. The zero-order valence-corrected chi connectivity index (χ0v) is 14.6. The third-order valence-electron chi connectivity index (χ3n) is 4.60. The molecule has 0 aromatic carbocycles. The molecule has 0 radical (unpaired) electrons. The van der Waals surface area contributed by atoms with E-state index in [1.807, 2.05) is 11.7 Å². The molecule has 124 valence electrons. The van der Waals surface area contributed by atoms with Crippen molar-refractivity contribution in [3.63, 3.8) is 0 Å². The van der Waals surface area contributed by atoms with E-state index < -0.39 is 0 Å². The maximum atomic E-state index is 5.97. The van der Waals surface area contributed by atoms with Crippen molar-refractivity contribution >= 4 is 11.3 Å². The Hall–Kier alpha value is -1.31. The molecule has 0 amide bonds. The van der Waals surface area contributed by atoms with E-state index in [9.17, 15) is 0 Å². The lowest BCUT2D eigenvalue weighted by molar-refractivity contribution is 0.0864. The van der Waals surface area contributed by atoms with E-state index >= 15 is 0 Å². The number of hydrogen-bond acceptors (Lipinski definition) is 6. The summed E-state index contributed by atoms with van der Waals surface area (Å²) in [6.07, 6.45) is 2.66. The van der Waals surface area contributed by atoms with Gasteiger partial charge in [-0.3, -0.25) is 9.58 Å². The lowest BCUT2D eigenvalue weighted by atomic mass is 9.99. The number of rotatable bonds is 6. The fourth-order valence-electron chi connectivity index (χ4n) is 3.32. The molecule has 1 saturated carbocycles. The molecule has 0 bridgehead atoms. The second-order valence-electron chi connectivity index (χ2n) is 6.75. The van der Waals surface area contributed by atoms with Gasteiger partial charge in [-0.05, 0) is 25.7 Å². The number of ether oxygens (including phenoxy) is 1. The summed E-state index contributed by atoms with van der Waals surface area (Å²) in [7, 11) is 1.99. The van der Waals surface area contributed by atoms with Gasteiger partial charge in [-0.2, -0.15) is 0 Å². The molecule has 2 aliphatic rings. The molecule has 1 fully saturated rings. The standard InChI is InChI=1S/C16H23N5OS/c1-11-17-14(10-23-11)6-21-5-13(9-22-8-12-3-4-12)16-15(7-21)18-19-20(16)2/h10,12-13H,3-9H2,1-2H3. The van der Waals surface area contributed by atoms with Gasteiger partial charge in [-0.1, -0.05) is 5.21 Å². The highest BCUT2D eigenvalue weighted by molar-refractivity contribution is 7.09. The molecule has 2 aromatic heterocycles. The van der Waals surface area contributed by atoms with E-state index in [1.165, 1.54) is 18.5 Å². The Kier molecular flexibility index (Phi) is 4.17. The van der Waals surface area contributed by atoms with Crippen LogP contribution in [-0.4, -0.2) is 44.6 Å². The van der Waals surface area contributed by atoms with Crippen molar-refractivity contribution in [2.75, 3.05) is 19.8 Å². The Bertz CT molecular complexity index is 678. The van der Waals surface area contributed by atoms with Crippen LogP contribution in [-0.2, 0) is 24.9 Å². The molecule has 4 rings (SSSR count). The molecule has 0 N–H and O–H groups in total. The summed E-state index contributed by atoms with van der Waals surface area (Å²) in [4.78, 5) is 7.00. The number of nitrogens with zero attached hydrogens (tertiary/aromatic N) is 5. The van der Waals surface area contributed by atoms with Crippen LogP contribution in [0.25, 0.3) is 0 Å². The molecule has 1 aliphatic carbocycles. The third-order valence-corrected chi connectivity index (χ3v) is 5.43. The first-order chi connectivity index (χ1) is 11.2. The zero-order valence-electron chi connectivity index (χ0n) is 13.7. The molecular formula is C16H23N5OS. The maximum Gasteiger partial charge on any atom is 0.100 e. The Morgan fingerprint density at radius 1 is 1.35 bits per heavy atom. The highest BCUT2D eigenvalue weighted by Gasteiger charge is 2.31. The largest absolute Gasteiger partial charge is 0.380 e. The predicted molar refractivity (Wildman–Crippen MR) is 88.3 cm³/mol. The highest BCUT2D eigenvalue weighted by Crippen LogP contribution is 2.31. The number of fused-ring (bicyclic) bond motifs is 1. The van der Waals surface area contributed by atoms with Gasteiger partial charge in [-0.15, -0.1) is 16.4 Å². The summed E-state index contributed by atoms with van der Waals surface area (Å²) >= 11 is 1.71. The van der Waals surface area contributed by atoms with Gasteiger partial charge in [0.1, 0.15) is 5.69 Å². The van der Waals surface area contributed by atoms with Gasteiger partial charge in [0, 0.05) is 44.6 Å². The molecule has 23 heavy (non-hydrogen) atoms. The Labute approximate surface area is 140 Å². The van der Waals surface area contributed by atoms with Crippen LogP contribution in [0.4, 0.5) is 0 Å². The molecule has 1 unspecified atom stereocenters. The van der Waals surface area contributed by atoms with Crippen LogP contribution in [0.1, 0.15) is 40.8 Å². The Balaban J connectivity index is 1.45. The minimum absolute atomic E-state index is 0.345. The molecule has 6 nitrogen and oxygen atoms in total. The number of hydrogen-bond donors (Lipinski definition) is 0. The molecule has 1 atom stereocenters. The van der Waals surface area contributed by atoms with E-state index in [2.05, 4.69) is 32.5 Å². The van der Waals surface area contributed by atoms with E-state index in [4.69, 9.17) is 4.74 Å². The summed E-state index contributed by atoms with van der Waals surface area (Å²) in [6, 6.07) is 0. The van der Waals surface area contributed by atoms with Gasteiger partial charge in [0.2, 0.25) is 0 Å². The molecular weight excluding hydrogens is 310 g/mol. The lowest BCUT2D eigenvalue weighted by Crippen LogP contribution is -2.36. The van der Waals surface area contributed by atoms with Crippen molar-refractivity contribution in [2.45, 2.75) is 38.8 Å². The summed E-state index contributed by atoms with van der Waals surface area (Å²) in [5, 5.41) is 11.9. The minimum atomic E-state index is 0.345. The van der Waals surface area contributed by atoms with Crippen LogP contribution in [0.3, 0.4) is 0 Å². The third kappa shape index (κ3) is 3.46. The quantitative estimate of drug-likeness (QED) is 0.810. The van der Waals surface area contributed by atoms with Gasteiger partial charge >= 0.3 is 0 Å². The lowest BCUT2D eigenvalue weighted by Gasteiger charge is -2.31. The summed E-state index contributed by atoms with van der Waals surface area (Å²) in [6.45, 7) is 6.42. The summed E-state index contributed by atoms with van der Waals surface area (Å²) in [5.74, 6) is 1.15. The van der Waals surface area contributed by atoms with Crippen molar-refractivity contribution < 1.29 is 4.74 Å². The van der Waals surface area contributed by atoms with Crippen molar-refractivity contribution in [3.05, 3.63) is 27.5 Å². The van der Waals surface area contributed by atoms with Gasteiger partial charge in [0.25, 0.3) is 0 Å². The molecule has 3 heterocycles. The SMILES string of the molecule is Cc1nc(CN2Cc3nnn(C)c3C(COCC3CC3)C2)cs1. The van der Waals surface area contributed by atoms with Gasteiger partial charge in [0.15, 0.2) is 0 Å². The second kappa shape index (κ2) is 6.30. The fourth-order valence-corrected chi connectivity index (χ4v) is 3.92. The number of aryl methyl sites for hydroxylation is 2. The average Bonchev–Trinajstić information content (AvgIpc) is 3.15. The van der Waals surface area contributed by atoms with Crippen LogP contribution >= 0.6 is 11.3 Å². The van der Waals surface area contributed by atoms with Gasteiger partial charge in [0.05, 0.1) is 23.0 Å². The Morgan fingerprint density at radius 2 is 2.22 bits per heavy atom. The van der Waals surface area contributed by atoms with Gasteiger partial charge in [-0.25, -0.2) is 4.98 Å². The fraction of sp³-hybridized carbons (Fsp3) is 0.688. The van der Waals surface area contributed by atoms with Crippen molar-refractivity contribution in [1.29, 1.82) is 0 Å². The van der Waals surface area contributed by atoms with Crippen molar-refractivity contribution in [3.8, 4) is 0 Å². The number of aromatic nitrogens is 4. The minimum Gasteiger partial charge on any atom is -0.380 e. The Morgan fingerprint density at radius 3 is 2.96 bits per heavy atom. The highest BCUT2D eigenvalue weighted by atomic mass is 32.1. The van der Waals surface area contributed by atoms with Crippen LogP contribution in [0.5, 0.6) is 0 Å². The van der Waals surface area contributed by atoms with E-state index in [0.717, 1.165) is 55.2 Å². The van der Waals surface area contributed by atoms with Crippen LogP contribution in [0.2, 0.25) is 0 Å². The molecule has 0 spiro atoms. The van der Waals surface area contributed by atoms with E-state index in [0.29, 0.717) is 5.92 Å². The second-order valence-corrected chi connectivity index (χ2v) is 7.81. The normalized spacial score (nSPS) is 21.6. The maximum absolute atomic E-state index is 5.97. The monoisotopic (exact) mass is 333 g/mol. The molecule has 1 aliphatic heterocycles. The first-order valence-corrected chi connectivity index (χ1v) is 9.16. The summed E-state index contributed by atoms with van der Waals surface area (Å²) in [5.41, 5.74) is 3.48. The smallest absolute Gasteiger partial charge is 0.100 e. The van der Waals surface area contributed by atoms with E-state index in [1.54, 1.807) is 11.3 Å². The average molecular weight is 333 g/mol. The topological polar surface area (TPSA) is 56.1 Å². The van der Waals surface area contributed by atoms with Crippen LogP contribution in [0.15, 0.2) is 5.38 Å². The van der Waals surface area contributed by atoms with E-state index in [-0.39, 0.29) is 0 Å². The predicted octanol–water partition coefficient (Wildman–Crippen LogP) is 2.11. The van der Waals surface area contributed by atoms with Gasteiger partial charge < -0.3 is 4.74 Å². The van der Waals surface area contributed by atoms with Crippen LogP contribution in [0, 0.1) is 12.8 Å². The molecule has 0 saturated heterocycles. The molecule has 7 heteroatoms.